The molecule has 1 nitrogen and oxygen atoms in total. The van der Waals surface area contributed by atoms with Gasteiger partial charge in [0, 0.05) is 17.1 Å². The third-order valence-corrected chi connectivity index (χ3v) is 11.1. The van der Waals surface area contributed by atoms with Crippen LogP contribution in [-0.2, 0) is 0 Å². The Hall–Kier alpha value is -7.48. The van der Waals surface area contributed by atoms with E-state index < -0.39 is 0 Å². The molecule has 0 aliphatic heterocycles. The predicted molar refractivity (Wildman–Crippen MR) is 243 cm³/mol. The molecule has 0 radical (unpaired) electrons. The summed E-state index contributed by atoms with van der Waals surface area (Å²) in [7, 11) is 0. The molecule has 0 heterocycles. The molecule has 0 spiro atoms. The highest BCUT2D eigenvalue weighted by molar-refractivity contribution is 5.98. The minimum Gasteiger partial charge on any atom is -0.310 e. The Morgan fingerprint density at radius 2 is 0.579 bits per heavy atom. The largest absolute Gasteiger partial charge is 0.310 e. The number of benzene rings is 10. The van der Waals surface area contributed by atoms with Crippen molar-refractivity contribution in [3.05, 3.63) is 237 Å². The zero-order valence-corrected chi connectivity index (χ0v) is 31.5. The Bertz CT molecular complexity index is 2950. The van der Waals surface area contributed by atoms with Crippen molar-refractivity contribution in [1.82, 2.24) is 0 Å². The summed E-state index contributed by atoms with van der Waals surface area (Å²) in [6.45, 7) is 0. The highest BCUT2D eigenvalue weighted by atomic mass is 15.1. The maximum Gasteiger partial charge on any atom is 0.0468 e. The molecule has 0 aromatic heterocycles. The van der Waals surface area contributed by atoms with Crippen molar-refractivity contribution in [3.8, 4) is 55.6 Å². The van der Waals surface area contributed by atoms with Gasteiger partial charge in [-0.3, -0.25) is 0 Å². The van der Waals surface area contributed by atoms with Gasteiger partial charge in [-0.05, 0) is 114 Å². The molecule has 0 aliphatic carbocycles. The van der Waals surface area contributed by atoms with Crippen molar-refractivity contribution in [3.63, 3.8) is 0 Å². The number of rotatable bonds is 8. The fourth-order valence-electron chi connectivity index (χ4n) is 8.23. The van der Waals surface area contributed by atoms with Crippen LogP contribution in [0.3, 0.4) is 0 Å². The Balaban J connectivity index is 1.05. The molecule has 0 amide bonds. The molecule has 10 aromatic carbocycles. The highest BCUT2D eigenvalue weighted by Crippen LogP contribution is 2.42. The van der Waals surface area contributed by atoms with Crippen LogP contribution in [0.4, 0.5) is 17.1 Å². The second-order valence-electron chi connectivity index (χ2n) is 14.5. The molecular weight excluding hydrogens is 687 g/mol. The third-order valence-electron chi connectivity index (χ3n) is 11.1. The average molecular weight is 726 g/mol. The van der Waals surface area contributed by atoms with Gasteiger partial charge in [-0.25, -0.2) is 0 Å². The summed E-state index contributed by atoms with van der Waals surface area (Å²) in [5.74, 6) is 0. The highest BCUT2D eigenvalue weighted by Gasteiger charge is 2.17. The number of hydrogen-bond acceptors (Lipinski definition) is 1. The van der Waals surface area contributed by atoms with Crippen LogP contribution in [0, 0.1) is 0 Å². The molecule has 10 rings (SSSR count). The predicted octanol–water partition coefficient (Wildman–Crippen LogP) is 15.8. The number of nitrogens with zero attached hydrogens (tertiary/aromatic N) is 1. The van der Waals surface area contributed by atoms with E-state index in [0.29, 0.717) is 0 Å². The van der Waals surface area contributed by atoms with Crippen molar-refractivity contribution in [2.24, 2.45) is 0 Å². The molecule has 0 aliphatic rings. The number of anilines is 3. The molecule has 0 unspecified atom stereocenters. The lowest BCUT2D eigenvalue weighted by Gasteiger charge is -2.27. The van der Waals surface area contributed by atoms with Crippen LogP contribution in [0.15, 0.2) is 237 Å². The van der Waals surface area contributed by atoms with Gasteiger partial charge in [-0.15, -0.1) is 0 Å². The first-order valence-corrected chi connectivity index (χ1v) is 19.6. The van der Waals surface area contributed by atoms with E-state index in [0.717, 1.165) is 17.1 Å². The Kier molecular flexibility index (Phi) is 8.95. The van der Waals surface area contributed by atoms with Gasteiger partial charge in [0.2, 0.25) is 0 Å². The molecule has 0 atom stereocenters. The second-order valence-corrected chi connectivity index (χ2v) is 14.5. The molecule has 268 valence electrons. The van der Waals surface area contributed by atoms with Crippen molar-refractivity contribution in [2.45, 2.75) is 0 Å². The van der Waals surface area contributed by atoms with Gasteiger partial charge in [-0.2, -0.15) is 0 Å². The van der Waals surface area contributed by atoms with Gasteiger partial charge in [-0.1, -0.05) is 200 Å². The summed E-state index contributed by atoms with van der Waals surface area (Å²) in [6, 6.07) is 85.6. The van der Waals surface area contributed by atoms with Crippen LogP contribution >= 0.6 is 0 Å². The fourth-order valence-corrected chi connectivity index (χ4v) is 8.23. The normalized spacial score (nSPS) is 11.2. The van der Waals surface area contributed by atoms with E-state index in [2.05, 4.69) is 241 Å². The van der Waals surface area contributed by atoms with Crippen LogP contribution < -0.4 is 4.90 Å². The lowest BCUT2D eigenvalue weighted by molar-refractivity contribution is 1.28. The Morgan fingerprint density at radius 3 is 1.11 bits per heavy atom. The lowest BCUT2D eigenvalue weighted by atomic mass is 9.93. The quantitative estimate of drug-likeness (QED) is 0.151. The van der Waals surface area contributed by atoms with Crippen molar-refractivity contribution in [2.75, 3.05) is 4.90 Å². The second kappa shape index (κ2) is 15.0. The van der Waals surface area contributed by atoms with Crippen LogP contribution in [0.25, 0.3) is 77.2 Å². The van der Waals surface area contributed by atoms with E-state index in [1.807, 2.05) is 0 Å². The summed E-state index contributed by atoms with van der Waals surface area (Å²) in [4.78, 5) is 2.38. The summed E-state index contributed by atoms with van der Waals surface area (Å²) in [5.41, 5.74) is 15.3. The minimum absolute atomic E-state index is 1.09. The average Bonchev–Trinajstić information content (AvgIpc) is 3.30. The summed E-state index contributed by atoms with van der Waals surface area (Å²) >= 11 is 0. The smallest absolute Gasteiger partial charge is 0.0468 e. The molecule has 1 heteroatoms. The molecule has 0 N–H and O–H groups in total. The maximum absolute atomic E-state index is 2.38. The summed E-state index contributed by atoms with van der Waals surface area (Å²) in [5, 5.41) is 5.04. The zero-order chi connectivity index (χ0) is 38.0. The van der Waals surface area contributed by atoms with Gasteiger partial charge in [0.15, 0.2) is 0 Å². The van der Waals surface area contributed by atoms with E-state index in [1.54, 1.807) is 0 Å². The first-order valence-electron chi connectivity index (χ1n) is 19.6. The third kappa shape index (κ3) is 6.66. The van der Waals surface area contributed by atoms with Gasteiger partial charge in [0.25, 0.3) is 0 Å². The Labute approximate surface area is 334 Å². The van der Waals surface area contributed by atoms with Crippen LogP contribution in [0.5, 0.6) is 0 Å². The monoisotopic (exact) mass is 725 g/mol. The molecule has 0 saturated heterocycles. The number of fused-ring (bicyclic) bond motifs is 2. The molecule has 10 aromatic rings. The van der Waals surface area contributed by atoms with E-state index in [4.69, 9.17) is 0 Å². The summed E-state index contributed by atoms with van der Waals surface area (Å²) < 4.78 is 0. The van der Waals surface area contributed by atoms with Gasteiger partial charge in [0.05, 0.1) is 0 Å². The molecule has 0 fully saturated rings. The van der Waals surface area contributed by atoms with E-state index in [1.165, 1.54) is 77.2 Å². The first kappa shape index (κ1) is 34.0. The van der Waals surface area contributed by atoms with Gasteiger partial charge in [0.1, 0.15) is 0 Å². The Morgan fingerprint density at radius 1 is 0.211 bits per heavy atom. The van der Waals surface area contributed by atoms with Gasteiger partial charge >= 0.3 is 0 Å². The zero-order valence-electron chi connectivity index (χ0n) is 31.5. The van der Waals surface area contributed by atoms with Crippen molar-refractivity contribution >= 4 is 38.6 Å². The summed E-state index contributed by atoms with van der Waals surface area (Å²) in [6.07, 6.45) is 0. The molecule has 57 heavy (non-hydrogen) atoms. The van der Waals surface area contributed by atoms with Crippen molar-refractivity contribution in [1.29, 1.82) is 0 Å². The van der Waals surface area contributed by atoms with E-state index in [9.17, 15) is 0 Å². The van der Waals surface area contributed by atoms with Gasteiger partial charge < -0.3 is 4.90 Å². The fraction of sp³-hybridized carbons (Fsp3) is 0. The van der Waals surface area contributed by atoms with Crippen LogP contribution in [-0.4, -0.2) is 0 Å². The van der Waals surface area contributed by atoms with Crippen LogP contribution in [0.2, 0.25) is 0 Å². The minimum atomic E-state index is 1.09. The molecular formula is C56H39N. The SMILES string of the molecule is c1ccc(-c2ccc(N(c3ccc(-c4ccc(-c5cccc6ccccc56)cc4)cc3)c3ccc(-c4cccc5ccccc45)cc3)cc2-c2ccccc2)cc1. The molecule has 0 bridgehead atoms. The maximum atomic E-state index is 2.38. The first-order chi connectivity index (χ1) is 28.3. The van der Waals surface area contributed by atoms with Crippen LogP contribution in [0.1, 0.15) is 0 Å². The topological polar surface area (TPSA) is 3.24 Å². The number of hydrogen-bond donors (Lipinski definition) is 0. The van der Waals surface area contributed by atoms with E-state index >= 15 is 0 Å². The van der Waals surface area contributed by atoms with Crippen molar-refractivity contribution < 1.29 is 0 Å². The lowest BCUT2D eigenvalue weighted by Crippen LogP contribution is -2.10. The molecule has 0 saturated carbocycles. The standard InChI is InChI=1S/C56H39N/c1-3-13-42(14-4-1)55-38-37-50(39-56(55)45-15-5-2-6-16-45)57(49-35-31-47(32-36-49)54-24-12-20-44-18-8-10-22-52(44)54)48-33-29-41(30-34-48)40-25-27-46(28-26-40)53-23-11-19-43-17-7-9-21-51(43)53/h1-39H. The van der Waals surface area contributed by atoms with E-state index in [-0.39, 0.29) is 0 Å².